The molecule has 57 heavy (non-hydrogen) atoms. The quantitative estimate of drug-likeness (QED) is 0.177. The van der Waals surface area contributed by atoms with E-state index in [9.17, 15) is 14.7 Å². The van der Waals surface area contributed by atoms with Crippen LogP contribution in [0.2, 0.25) is 0 Å². The Morgan fingerprint density at radius 1 is 1.07 bits per heavy atom. The van der Waals surface area contributed by atoms with Gasteiger partial charge in [-0.25, -0.2) is 19.5 Å². The molecule has 0 radical (unpaired) electrons. The van der Waals surface area contributed by atoms with Gasteiger partial charge in [0, 0.05) is 99.1 Å². The molecule has 2 fully saturated rings. The predicted octanol–water partition coefficient (Wildman–Crippen LogP) is 4.82. The number of carbonyl (C=O) groups is 2. The second-order valence-corrected chi connectivity index (χ2v) is 16.4. The minimum absolute atomic E-state index is 0.139. The Kier molecular flexibility index (Phi) is 9.53. The highest BCUT2D eigenvalue weighted by Gasteiger charge is 2.38. The molecule has 4 aromatic heterocycles. The molecule has 9 rings (SSSR count). The van der Waals surface area contributed by atoms with Crippen molar-refractivity contribution in [2.24, 2.45) is 5.41 Å². The number of aliphatic hydroxyl groups excluding tert-OH is 1. The van der Waals surface area contributed by atoms with Gasteiger partial charge in [0.2, 0.25) is 5.91 Å². The Bertz CT molecular complexity index is 2380. The molecule has 2 amide bonds. The van der Waals surface area contributed by atoms with Gasteiger partial charge in [-0.1, -0.05) is 20.4 Å². The maximum Gasteiger partial charge on any atom is 0.276 e. The van der Waals surface area contributed by atoms with Gasteiger partial charge in [0.25, 0.3) is 5.91 Å². The molecule has 0 unspecified atom stereocenters. The first-order valence-corrected chi connectivity index (χ1v) is 19.9. The standard InChI is InChI=1S/C42H49N11O4/c1-5-36(55)46-32-21-28(6-7-33(32)50-15-14-49(24-26(50)2)29-9-18-57-19-10-29)45-38-40-44-12-13-53(40)48-37(47-38)30-8-11-43-39(31(30)25-54)52-17-16-51-34(41(52)56)20-27-22-42(3,4)23-35(27)51/h5-8,11-13,20-21,26,29,54H,1,9-10,14-19,22-25H2,2-4H3,(H,46,55)(H,45,47,48)/t26-/m0/s1. The number of hydrogen-bond donors (Lipinski definition) is 3. The molecule has 2 saturated heterocycles. The SMILES string of the molecule is C=CC(=O)Nc1cc(Nc2nc(-c3ccnc(N4CCn5c(cc6c5CC(C)(C)C6)C4=O)c3CO)nn3ccnc23)ccc1N1CCN(C2CCOCC2)C[C@@H]1C. The number of carbonyl (C=O) groups excluding carboxylic acids is 2. The highest BCUT2D eigenvalue weighted by atomic mass is 16.5. The van der Waals surface area contributed by atoms with Crippen LogP contribution in [0.1, 0.15) is 60.9 Å². The van der Waals surface area contributed by atoms with E-state index in [1.165, 1.54) is 17.3 Å². The molecule has 4 aliphatic rings. The number of benzene rings is 1. The van der Waals surface area contributed by atoms with E-state index in [4.69, 9.17) is 14.8 Å². The number of rotatable bonds is 9. The summed E-state index contributed by atoms with van der Waals surface area (Å²) in [6.07, 6.45) is 10.3. The molecule has 5 aromatic rings. The zero-order chi connectivity index (χ0) is 39.4. The maximum atomic E-state index is 14.0. The van der Waals surface area contributed by atoms with Crippen LogP contribution in [0.3, 0.4) is 0 Å². The topological polar surface area (TPSA) is 158 Å². The van der Waals surface area contributed by atoms with Gasteiger partial charge < -0.3 is 29.9 Å². The Balaban J connectivity index is 1.01. The molecule has 0 bridgehead atoms. The van der Waals surface area contributed by atoms with Crippen molar-refractivity contribution >= 4 is 46.2 Å². The first-order chi connectivity index (χ1) is 27.6. The average molecular weight is 772 g/mol. The van der Waals surface area contributed by atoms with Gasteiger partial charge >= 0.3 is 0 Å². The second kappa shape index (κ2) is 14.7. The lowest BCUT2D eigenvalue weighted by molar-refractivity contribution is -0.111. The van der Waals surface area contributed by atoms with Crippen LogP contribution in [0.15, 0.2) is 61.6 Å². The molecular formula is C42H49N11O4. The minimum Gasteiger partial charge on any atom is -0.392 e. The summed E-state index contributed by atoms with van der Waals surface area (Å²) < 4.78 is 9.40. The largest absolute Gasteiger partial charge is 0.392 e. The zero-order valence-electron chi connectivity index (χ0n) is 32.7. The third-order valence-corrected chi connectivity index (χ3v) is 11.9. The molecule has 15 heteroatoms. The summed E-state index contributed by atoms with van der Waals surface area (Å²) in [5.74, 6) is 0.680. The molecule has 0 saturated carbocycles. The van der Waals surface area contributed by atoms with Gasteiger partial charge in [-0.15, -0.1) is 5.10 Å². The van der Waals surface area contributed by atoms with E-state index in [1.54, 1.807) is 34.1 Å². The Morgan fingerprint density at radius 2 is 1.91 bits per heavy atom. The molecule has 1 atom stereocenters. The van der Waals surface area contributed by atoms with E-state index < -0.39 is 0 Å². The van der Waals surface area contributed by atoms with E-state index >= 15 is 0 Å². The van der Waals surface area contributed by atoms with Crippen LogP contribution in [0.4, 0.5) is 28.7 Å². The monoisotopic (exact) mass is 771 g/mol. The van der Waals surface area contributed by atoms with Gasteiger partial charge in [0.05, 0.1) is 18.0 Å². The summed E-state index contributed by atoms with van der Waals surface area (Å²) in [4.78, 5) is 47.4. The lowest BCUT2D eigenvalue weighted by Crippen LogP contribution is -2.56. The van der Waals surface area contributed by atoms with Gasteiger partial charge in [-0.3, -0.25) is 19.4 Å². The fourth-order valence-corrected chi connectivity index (χ4v) is 9.23. The zero-order valence-corrected chi connectivity index (χ0v) is 32.7. The summed E-state index contributed by atoms with van der Waals surface area (Å²) in [6, 6.07) is 10.4. The summed E-state index contributed by atoms with van der Waals surface area (Å²) in [5, 5.41) is 22.1. The first-order valence-electron chi connectivity index (χ1n) is 19.9. The number of imidazole rings is 1. The summed E-state index contributed by atoms with van der Waals surface area (Å²) in [5.41, 5.74) is 7.06. The Hall–Kier alpha value is -5.64. The van der Waals surface area contributed by atoms with E-state index in [0.29, 0.717) is 70.4 Å². The van der Waals surface area contributed by atoms with Crippen LogP contribution in [-0.4, -0.2) is 102 Å². The van der Waals surface area contributed by atoms with Crippen molar-refractivity contribution in [3.05, 3.63) is 84.1 Å². The van der Waals surface area contributed by atoms with Crippen LogP contribution in [0, 0.1) is 5.41 Å². The van der Waals surface area contributed by atoms with Crippen molar-refractivity contribution in [1.29, 1.82) is 0 Å². The average Bonchev–Trinajstić information content (AvgIpc) is 3.91. The van der Waals surface area contributed by atoms with E-state index in [1.807, 2.05) is 24.3 Å². The molecule has 0 spiro atoms. The molecule has 3 aliphatic heterocycles. The van der Waals surface area contributed by atoms with Gasteiger partial charge in [-0.2, -0.15) is 0 Å². The summed E-state index contributed by atoms with van der Waals surface area (Å²) in [6.45, 7) is 15.4. The third kappa shape index (κ3) is 6.83. The molecule has 15 nitrogen and oxygen atoms in total. The van der Waals surface area contributed by atoms with Crippen LogP contribution < -0.4 is 20.4 Å². The van der Waals surface area contributed by atoms with Crippen molar-refractivity contribution in [2.75, 3.05) is 59.8 Å². The van der Waals surface area contributed by atoms with E-state index in [2.05, 4.69) is 62.3 Å². The number of pyridine rings is 1. The molecule has 296 valence electrons. The van der Waals surface area contributed by atoms with Crippen LogP contribution in [0.25, 0.3) is 17.0 Å². The number of aromatic nitrogens is 6. The van der Waals surface area contributed by atoms with Crippen molar-refractivity contribution in [2.45, 2.75) is 71.7 Å². The number of hydrogen-bond acceptors (Lipinski definition) is 11. The third-order valence-electron chi connectivity index (χ3n) is 11.9. The number of anilines is 5. The normalized spacial score (nSPS) is 19.8. The maximum absolute atomic E-state index is 14.0. The van der Waals surface area contributed by atoms with E-state index in [-0.39, 0.29) is 29.9 Å². The molecule has 7 heterocycles. The van der Waals surface area contributed by atoms with Gasteiger partial charge in [0.15, 0.2) is 17.3 Å². The smallest absolute Gasteiger partial charge is 0.276 e. The van der Waals surface area contributed by atoms with Crippen LogP contribution in [0.5, 0.6) is 0 Å². The van der Waals surface area contributed by atoms with Gasteiger partial charge in [-0.05, 0) is 80.0 Å². The highest BCUT2D eigenvalue weighted by Crippen LogP contribution is 2.40. The second-order valence-electron chi connectivity index (χ2n) is 16.4. The number of ether oxygens (including phenoxy) is 1. The van der Waals surface area contributed by atoms with Crippen LogP contribution >= 0.6 is 0 Å². The van der Waals surface area contributed by atoms with Crippen molar-refractivity contribution in [1.82, 2.24) is 34.0 Å². The van der Waals surface area contributed by atoms with E-state index in [0.717, 1.165) is 64.2 Å². The summed E-state index contributed by atoms with van der Waals surface area (Å²) in [7, 11) is 0. The van der Waals surface area contributed by atoms with Gasteiger partial charge in [0.1, 0.15) is 11.5 Å². The number of aliphatic hydroxyl groups is 1. The van der Waals surface area contributed by atoms with Crippen molar-refractivity contribution < 1.29 is 19.4 Å². The predicted molar refractivity (Wildman–Crippen MR) is 218 cm³/mol. The minimum atomic E-state index is -0.377. The first kappa shape index (κ1) is 37.0. The Labute approximate surface area is 331 Å². The summed E-state index contributed by atoms with van der Waals surface area (Å²) >= 11 is 0. The lowest BCUT2D eigenvalue weighted by atomic mass is 9.90. The number of amides is 2. The van der Waals surface area contributed by atoms with Crippen molar-refractivity contribution in [3.8, 4) is 11.4 Å². The lowest BCUT2D eigenvalue weighted by Gasteiger charge is -2.45. The molecule has 1 aromatic carbocycles. The highest BCUT2D eigenvalue weighted by molar-refractivity contribution is 6.06. The fraction of sp³-hybridized carbons (Fsp3) is 0.429. The van der Waals surface area contributed by atoms with Crippen LogP contribution in [-0.2, 0) is 35.5 Å². The number of nitrogens with zero attached hydrogens (tertiary/aromatic N) is 9. The Morgan fingerprint density at radius 3 is 2.70 bits per heavy atom. The fourth-order valence-electron chi connectivity index (χ4n) is 9.23. The number of nitrogens with one attached hydrogen (secondary N) is 2. The number of fused-ring (bicyclic) bond motifs is 4. The molecular weight excluding hydrogens is 723 g/mol. The molecule has 3 N–H and O–H groups in total. The number of piperazine rings is 1. The van der Waals surface area contributed by atoms with Crippen molar-refractivity contribution in [3.63, 3.8) is 0 Å². The molecule has 1 aliphatic carbocycles.